The van der Waals surface area contributed by atoms with Crippen LogP contribution in [0.5, 0.6) is 0 Å². The van der Waals surface area contributed by atoms with Gasteiger partial charge in [-0.1, -0.05) is 57.5 Å². The molecule has 2 aromatic carbocycles. The van der Waals surface area contributed by atoms with Gasteiger partial charge in [0.2, 0.25) is 11.1 Å². The fourth-order valence-corrected chi connectivity index (χ4v) is 3.06. The first-order valence-corrected chi connectivity index (χ1v) is 9.26. The highest BCUT2D eigenvalue weighted by molar-refractivity contribution is 9.10. The molecule has 128 valence electrons. The number of thioether (sulfide) groups is 1. The molecule has 25 heavy (non-hydrogen) atoms. The van der Waals surface area contributed by atoms with Crippen molar-refractivity contribution in [3.63, 3.8) is 0 Å². The van der Waals surface area contributed by atoms with Crippen molar-refractivity contribution >= 4 is 39.3 Å². The van der Waals surface area contributed by atoms with Crippen LogP contribution in [0.1, 0.15) is 5.56 Å². The number of nitrogen functional groups attached to an aromatic ring is 1. The van der Waals surface area contributed by atoms with Gasteiger partial charge in [0.15, 0.2) is 5.82 Å². The smallest absolute Gasteiger partial charge is 0.234 e. The third kappa shape index (κ3) is 4.40. The Morgan fingerprint density at radius 1 is 1.16 bits per heavy atom. The van der Waals surface area contributed by atoms with Crippen molar-refractivity contribution in [1.29, 1.82) is 0 Å². The molecule has 3 rings (SSSR count). The number of hydrogen-bond acceptors (Lipinski definition) is 5. The first-order valence-electron chi connectivity index (χ1n) is 7.48. The zero-order chi connectivity index (χ0) is 17.8. The number of nitrogens with one attached hydrogen (secondary N) is 1. The normalized spacial score (nSPS) is 10.6. The maximum atomic E-state index is 12.1. The second kappa shape index (κ2) is 7.71. The van der Waals surface area contributed by atoms with E-state index in [-0.39, 0.29) is 11.7 Å². The van der Waals surface area contributed by atoms with E-state index in [0.29, 0.717) is 11.0 Å². The van der Waals surface area contributed by atoms with Crippen LogP contribution in [0.3, 0.4) is 0 Å². The molecule has 0 spiro atoms. The van der Waals surface area contributed by atoms with Gasteiger partial charge in [0.05, 0.1) is 5.75 Å². The Bertz CT molecular complexity index is 877. The number of hydrogen-bond donors (Lipinski definition) is 2. The highest BCUT2D eigenvalue weighted by Gasteiger charge is 2.13. The molecule has 0 fully saturated rings. The summed E-state index contributed by atoms with van der Waals surface area (Å²) in [6, 6.07) is 15.3. The van der Waals surface area contributed by atoms with E-state index in [1.54, 1.807) is 0 Å². The molecular formula is C17H16BrN5OS. The van der Waals surface area contributed by atoms with E-state index in [1.165, 1.54) is 16.4 Å². The highest BCUT2D eigenvalue weighted by atomic mass is 79.9. The fourth-order valence-electron chi connectivity index (χ4n) is 2.14. The molecule has 0 unspecified atom stereocenters. The zero-order valence-corrected chi connectivity index (χ0v) is 15.8. The van der Waals surface area contributed by atoms with Crippen LogP contribution in [-0.4, -0.2) is 26.5 Å². The number of halogens is 1. The van der Waals surface area contributed by atoms with E-state index in [2.05, 4.69) is 31.4 Å². The van der Waals surface area contributed by atoms with Crippen molar-refractivity contribution in [2.45, 2.75) is 12.1 Å². The molecule has 1 amide bonds. The minimum Gasteiger partial charge on any atom is -0.335 e. The van der Waals surface area contributed by atoms with E-state index in [0.717, 1.165) is 21.3 Å². The summed E-state index contributed by atoms with van der Waals surface area (Å²) in [7, 11) is 0. The lowest BCUT2D eigenvalue weighted by Crippen LogP contribution is -2.16. The molecular weight excluding hydrogens is 402 g/mol. The first-order chi connectivity index (χ1) is 12.0. The summed E-state index contributed by atoms with van der Waals surface area (Å²) in [5.41, 5.74) is 2.78. The molecule has 0 atom stereocenters. The van der Waals surface area contributed by atoms with Crippen LogP contribution in [0.15, 0.2) is 58.2 Å². The fraction of sp³-hybridized carbons (Fsp3) is 0.118. The summed E-state index contributed by atoms with van der Waals surface area (Å²) in [5, 5.41) is 11.5. The molecule has 0 saturated heterocycles. The van der Waals surface area contributed by atoms with Crippen molar-refractivity contribution in [3.05, 3.63) is 58.6 Å². The topological polar surface area (TPSA) is 85.8 Å². The molecule has 3 aromatic rings. The molecule has 0 radical (unpaired) electrons. The van der Waals surface area contributed by atoms with Gasteiger partial charge in [0.25, 0.3) is 0 Å². The number of benzene rings is 2. The molecule has 6 nitrogen and oxygen atoms in total. The van der Waals surface area contributed by atoms with Crippen LogP contribution in [0.4, 0.5) is 5.69 Å². The average molecular weight is 418 g/mol. The number of carbonyl (C=O) groups is 1. The van der Waals surface area contributed by atoms with E-state index >= 15 is 0 Å². The number of anilines is 1. The van der Waals surface area contributed by atoms with Crippen molar-refractivity contribution in [2.75, 3.05) is 16.9 Å². The number of nitrogens with zero attached hydrogens (tertiary/aromatic N) is 3. The third-order valence-corrected chi connectivity index (χ3v) is 4.91. The summed E-state index contributed by atoms with van der Waals surface area (Å²) >= 11 is 4.60. The predicted octanol–water partition coefficient (Wildman–Crippen LogP) is 3.46. The Balaban J connectivity index is 1.62. The van der Waals surface area contributed by atoms with Crippen LogP contribution in [-0.2, 0) is 4.79 Å². The van der Waals surface area contributed by atoms with Crippen molar-refractivity contribution in [2.24, 2.45) is 0 Å². The van der Waals surface area contributed by atoms with E-state index in [9.17, 15) is 4.79 Å². The number of amides is 1. The zero-order valence-electron chi connectivity index (χ0n) is 13.4. The molecule has 8 heteroatoms. The predicted molar refractivity (Wildman–Crippen MR) is 104 cm³/mol. The molecule has 1 heterocycles. The molecule has 0 aliphatic rings. The lowest BCUT2D eigenvalue weighted by Gasteiger charge is -2.06. The largest absolute Gasteiger partial charge is 0.335 e. The number of aryl methyl sites for hydroxylation is 1. The Morgan fingerprint density at radius 2 is 1.84 bits per heavy atom. The van der Waals surface area contributed by atoms with Gasteiger partial charge in [0, 0.05) is 15.7 Å². The Labute approximate surface area is 157 Å². The second-order valence-electron chi connectivity index (χ2n) is 5.39. The molecule has 3 N–H and O–H groups in total. The van der Waals surface area contributed by atoms with Crippen LogP contribution in [0, 0.1) is 6.92 Å². The van der Waals surface area contributed by atoms with Crippen molar-refractivity contribution in [1.82, 2.24) is 14.9 Å². The minimum atomic E-state index is -0.132. The molecule has 0 bridgehead atoms. The van der Waals surface area contributed by atoms with Crippen LogP contribution in [0.25, 0.3) is 11.4 Å². The van der Waals surface area contributed by atoms with Gasteiger partial charge in [-0.2, -0.15) is 0 Å². The van der Waals surface area contributed by atoms with Crippen molar-refractivity contribution in [3.8, 4) is 11.4 Å². The standard InChI is InChI=1S/C17H16BrN5OS/c1-11-2-4-12(5-3-11)16-21-22-17(23(16)19)25-10-15(24)20-14-8-6-13(18)7-9-14/h2-9H,10,19H2,1H3,(H,20,24). The lowest BCUT2D eigenvalue weighted by molar-refractivity contribution is -0.113. The van der Waals surface area contributed by atoms with Crippen LogP contribution < -0.4 is 11.2 Å². The minimum absolute atomic E-state index is 0.132. The monoisotopic (exact) mass is 417 g/mol. The van der Waals surface area contributed by atoms with Crippen molar-refractivity contribution < 1.29 is 4.79 Å². The lowest BCUT2D eigenvalue weighted by atomic mass is 10.1. The second-order valence-corrected chi connectivity index (χ2v) is 7.24. The van der Waals surface area contributed by atoms with Gasteiger partial charge < -0.3 is 11.2 Å². The Hall–Kier alpha value is -2.32. The maximum Gasteiger partial charge on any atom is 0.234 e. The summed E-state index contributed by atoms with van der Waals surface area (Å²) < 4.78 is 2.36. The maximum absolute atomic E-state index is 12.1. The summed E-state index contributed by atoms with van der Waals surface area (Å²) in [6.07, 6.45) is 0. The number of carbonyl (C=O) groups excluding carboxylic acids is 1. The molecule has 1 aromatic heterocycles. The molecule has 0 saturated carbocycles. The average Bonchev–Trinajstić information content (AvgIpc) is 2.97. The summed E-state index contributed by atoms with van der Waals surface area (Å²) in [4.78, 5) is 12.1. The molecule has 0 aliphatic heterocycles. The van der Waals surface area contributed by atoms with Crippen LogP contribution >= 0.6 is 27.7 Å². The van der Waals surface area contributed by atoms with E-state index < -0.39 is 0 Å². The number of nitrogens with two attached hydrogens (primary N) is 1. The third-order valence-electron chi connectivity index (χ3n) is 3.43. The first kappa shape index (κ1) is 17.5. The van der Waals surface area contributed by atoms with E-state index in [1.807, 2.05) is 55.5 Å². The van der Waals surface area contributed by atoms with Gasteiger partial charge in [0.1, 0.15) is 0 Å². The SMILES string of the molecule is Cc1ccc(-c2nnc(SCC(=O)Nc3ccc(Br)cc3)n2N)cc1. The molecule has 0 aliphatic carbocycles. The van der Waals surface area contributed by atoms with E-state index in [4.69, 9.17) is 5.84 Å². The Kier molecular flexibility index (Phi) is 5.40. The quantitative estimate of drug-likeness (QED) is 0.490. The van der Waals surface area contributed by atoms with Gasteiger partial charge in [-0.3, -0.25) is 4.79 Å². The summed E-state index contributed by atoms with van der Waals surface area (Å²) in [5.74, 6) is 6.69. The van der Waals surface area contributed by atoms with Gasteiger partial charge in [-0.05, 0) is 31.2 Å². The van der Waals surface area contributed by atoms with Gasteiger partial charge >= 0.3 is 0 Å². The Morgan fingerprint density at radius 3 is 2.52 bits per heavy atom. The number of rotatable bonds is 5. The van der Waals surface area contributed by atoms with Gasteiger partial charge in [-0.25, -0.2) is 4.68 Å². The van der Waals surface area contributed by atoms with Gasteiger partial charge in [-0.15, -0.1) is 10.2 Å². The highest BCUT2D eigenvalue weighted by Crippen LogP contribution is 2.22. The summed E-state index contributed by atoms with van der Waals surface area (Å²) in [6.45, 7) is 2.02. The van der Waals surface area contributed by atoms with Crippen LogP contribution in [0.2, 0.25) is 0 Å². The number of aromatic nitrogens is 3.